The molecule has 0 aromatic carbocycles. The molecule has 14 heavy (non-hydrogen) atoms. The minimum absolute atomic E-state index is 0.203. The van der Waals surface area contributed by atoms with Crippen LogP contribution in [-0.2, 0) is 0 Å². The number of nitrogens with zero attached hydrogens (tertiary/aromatic N) is 3. The Kier molecular flexibility index (Phi) is 2.37. The second kappa shape index (κ2) is 3.53. The molecule has 1 aromatic heterocycles. The van der Waals surface area contributed by atoms with Crippen LogP contribution in [0.1, 0.15) is 17.9 Å². The van der Waals surface area contributed by atoms with Gasteiger partial charge in [0.25, 0.3) is 0 Å². The second-order valence-electron chi connectivity index (χ2n) is 3.80. The number of aliphatic hydroxyl groups excluding tert-OH is 1. The Hall–Kier alpha value is -1.16. The molecule has 0 amide bonds. The number of aryl methyl sites for hydroxylation is 2. The molecule has 1 aromatic rings. The van der Waals surface area contributed by atoms with Gasteiger partial charge >= 0.3 is 0 Å². The summed E-state index contributed by atoms with van der Waals surface area (Å²) in [5.41, 5.74) is 0.980. The molecule has 0 saturated carbocycles. The summed E-state index contributed by atoms with van der Waals surface area (Å²) in [6.07, 6.45) is 0.632. The van der Waals surface area contributed by atoms with Crippen molar-refractivity contribution in [2.24, 2.45) is 0 Å². The van der Waals surface area contributed by atoms with Crippen molar-refractivity contribution in [3.05, 3.63) is 17.6 Å². The lowest BCUT2D eigenvalue weighted by Crippen LogP contribution is -2.22. The molecule has 1 aliphatic rings. The van der Waals surface area contributed by atoms with E-state index in [2.05, 4.69) is 14.9 Å². The van der Waals surface area contributed by atoms with E-state index in [0.29, 0.717) is 6.54 Å². The van der Waals surface area contributed by atoms with E-state index in [1.54, 1.807) is 0 Å². The summed E-state index contributed by atoms with van der Waals surface area (Å²) in [4.78, 5) is 10.7. The lowest BCUT2D eigenvalue weighted by molar-refractivity contribution is 0.198. The maximum Gasteiger partial charge on any atom is 0.132 e. The zero-order valence-corrected chi connectivity index (χ0v) is 8.56. The number of rotatable bonds is 1. The smallest absolute Gasteiger partial charge is 0.132 e. The van der Waals surface area contributed by atoms with E-state index in [-0.39, 0.29) is 6.10 Å². The Morgan fingerprint density at radius 3 is 2.79 bits per heavy atom. The number of hydrogen-bond donors (Lipinski definition) is 1. The Morgan fingerprint density at radius 2 is 2.21 bits per heavy atom. The number of aliphatic hydroxyl groups is 1. The molecule has 0 bridgehead atoms. The van der Waals surface area contributed by atoms with Crippen molar-refractivity contribution in [1.29, 1.82) is 0 Å². The molecular formula is C10H15N3O. The lowest BCUT2D eigenvalue weighted by Gasteiger charge is -2.16. The van der Waals surface area contributed by atoms with Crippen molar-refractivity contribution in [1.82, 2.24) is 9.97 Å². The van der Waals surface area contributed by atoms with Gasteiger partial charge in [0.15, 0.2) is 0 Å². The van der Waals surface area contributed by atoms with E-state index in [1.165, 1.54) is 0 Å². The molecule has 0 radical (unpaired) electrons. The van der Waals surface area contributed by atoms with E-state index in [0.717, 1.165) is 30.3 Å². The standard InChI is InChI=1S/C10H15N3O/c1-7-5-10(12-8(2)11-7)13-4-3-9(14)6-13/h5,9,14H,3-4,6H2,1-2H3/t9-/m1/s1. The Morgan fingerprint density at radius 1 is 1.43 bits per heavy atom. The first-order chi connectivity index (χ1) is 6.65. The normalized spacial score (nSPS) is 21.6. The average Bonchev–Trinajstić information content (AvgIpc) is 2.50. The second-order valence-corrected chi connectivity index (χ2v) is 3.80. The van der Waals surface area contributed by atoms with Gasteiger partial charge < -0.3 is 10.0 Å². The van der Waals surface area contributed by atoms with Crippen LogP contribution in [0.2, 0.25) is 0 Å². The van der Waals surface area contributed by atoms with Crippen LogP contribution in [0.3, 0.4) is 0 Å². The Labute approximate surface area is 83.6 Å². The topological polar surface area (TPSA) is 49.2 Å². The van der Waals surface area contributed by atoms with E-state index >= 15 is 0 Å². The third-order valence-corrected chi connectivity index (χ3v) is 2.44. The first kappa shape index (κ1) is 9.40. The Balaban J connectivity index is 2.23. The molecule has 76 valence electrons. The molecule has 4 heteroatoms. The summed E-state index contributed by atoms with van der Waals surface area (Å²) >= 11 is 0. The first-order valence-corrected chi connectivity index (χ1v) is 4.90. The van der Waals surface area contributed by atoms with Crippen LogP contribution in [0.15, 0.2) is 6.07 Å². The molecule has 2 heterocycles. The van der Waals surface area contributed by atoms with Crippen molar-refractivity contribution in [3.8, 4) is 0 Å². The predicted octanol–water partition coefficient (Wildman–Crippen LogP) is 0.664. The maximum atomic E-state index is 9.41. The van der Waals surface area contributed by atoms with Crippen molar-refractivity contribution < 1.29 is 5.11 Å². The monoisotopic (exact) mass is 193 g/mol. The maximum absolute atomic E-state index is 9.41. The van der Waals surface area contributed by atoms with Crippen LogP contribution in [0.25, 0.3) is 0 Å². The molecule has 1 atom stereocenters. The minimum atomic E-state index is -0.203. The van der Waals surface area contributed by atoms with Gasteiger partial charge in [0, 0.05) is 24.8 Å². The number of hydrogen-bond acceptors (Lipinski definition) is 4. The summed E-state index contributed by atoms with van der Waals surface area (Å²) in [5, 5.41) is 9.41. The SMILES string of the molecule is Cc1cc(N2CC[C@@H](O)C2)nc(C)n1. The van der Waals surface area contributed by atoms with Crippen molar-refractivity contribution in [3.63, 3.8) is 0 Å². The average molecular weight is 193 g/mol. The molecule has 0 spiro atoms. The van der Waals surface area contributed by atoms with Gasteiger partial charge in [-0.2, -0.15) is 0 Å². The summed E-state index contributed by atoms with van der Waals surface area (Å²) in [7, 11) is 0. The van der Waals surface area contributed by atoms with Crippen molar-refractivity contribution in [2.45, 2.75) is 26.4 Å². The highest BCUT2D eigenvalue weighted by Crippen LogP contribution is 2.18. The quantitative estimate of drug-likeness (QED) is 0.712. The van der Waals surface area contributed by atoms with Crippen molar-refractivity contribution in [2.75, 3.05) is 18.0 Å². The minimum Gasteiger partial charge on any atom is -0.391 e. The van der Waals surface area contributed by atoms with Gasteiger partial charge in [-0.15, -0.1) is 0 Å². The summed E-state index contributed by atoms with van der Waals surface area (Å²) in [5.74, 6) is 1.73. The molecular weight excluding hydrogens is 178 g/mol. The fourth-order valence-electron chi connectivity index (χ4n) is 1.81. The molecule has 1 N–H and O–H groups in total. The fourth-order valence-corrected chi connectivity index (χ4v) is 1.81. The highest BCUT2D eigenvalue weighted by Gasteiger charge is 2.21. The lowest BCUT2D eigenvalue weighted by atomic mass is 10.3. The summed E-state index contributed by atoms with van der Waals surface area (Å²) in [6.45, 7) is 5.43. The van der Waals surface area contributed by atoms with E-state index in [9.17, 15) is 5.11 Å². The molecule has 0 aliphatic carbocycles. The fraction of sp³-hybridized carbons (Fsp3) is 0.600. The molecule has 1 aliphatic heterocycles. The largest absolute Gasteiger partial charge is 0.391 e. The van der Waals surface area contributed by atoms with Gasteiger partial charge in [0.2, 0.25) is 0 Å². The van der Waals surface area contributed by atoms with Crippen LogP contribution in [-0.4, -0.2) is 34.3 Å². The first-order valence-electron chi connectivity index (χ1n) is 4.90. The van der Waals surface area contributed by atoms with Crippen LogP contribution in [0, 0.1) is 13.8 Å². The van der Waals surface area contributed by atoms with Gasteiger partial charge in [-0.3, -0.25) is 0 Å². The third-order valence-electron chi connectivity index (χ3n) is 2.44. The zero-order chi connectivity index (χ0) is 10.1. The zero-order valence-electron chi connectivity index (χ0n) is 8.56. The van der Waals surface area contributed by atoms with Gasteiger partial charge in [0.05, 0.1) is 6.10 Å². The van der Waals surface area contributed by atoms with Gasteiger partial charge in [-0.1, -0.05) is 0 Å². The molecule has 2 rings (SSSR count). The van der Waals surface area contributed by atoms with Gasteiger partial charge in [-0.25, -0.2) is 9.97 Å². The number of aromatic nitrogens is 2. The van der Waals surface area contributed by atoms with Crippen LogP contribution in [0.5, 0.6) is 0 Å². The van der Waals surface area contributed by atoms with Gasteiger partial charge in [0.1, 0.15) is 11.6 Å². The van der Waals surface area contributed by atoms with E-state index in [4.69, 9.17) is 0 Å². The molecule has 4 nitrogen and oxygen atoms in total. The van der Waals surface area contributed by atoms with Crippen LogP contribution < -0.4 is 4.90 Å². The summed E-state index contributed by atoms with van der Waals surface area (Å²) < 4.78 is 0. The Bertz CT molecular complexity index is 320. The van der Waals surface area contributed by atoms with E-state index < -0.39 is 0 Å². The summed E-state index contributed by atoms with van der Waals surface area (Å²) in [6, 6.07) is 1.96. The molecule has 1 fully saturated rings. The van der Waals surface area contributed by atoms with E-state index in [1.807, 2.05) is 19.9 Å². The highest BCUT2D eigenvalue weighted by atomic mass is 16.3. The van der Waals surface area contributed by atoms with Gasteiger partial charge in [-0.05, 0) is 20.3 Å². The van der Waals surface area contributed by atoms with Crippen LogP contribution in [0.4, 0.5) is 5.82 Å². The van der Waals surface area contributed by atoms with Crippen molar-refractivity contribution >= 4 is 5.82 Å². The highest BCUT2D eigenvalue weighted by molar-refractivity contribution is 5.40. The number of anilines is 1. The van der Waals surface area contributed by atoms with Crippen LogP contribution >= 0.6 is 0 Å². The molecule has 0 unspecified atom stereocenters. The number of β-amino-alcohol motifs (C(OH)–C–C–N with tert-alkyl or cyclic N) is 1. The predicted molar refractivity (Wildman–Crippen MR) is 54.3 cm³/mol. The third kappa shape index (κ3) is 1.85. The molecule has 1 saturated heterocycles.